The Morgan fingerprint density at radius 3 is 2.33 bits per heavy atom. The zero-order valence-corrected chi connectivity index (χ0v) is 13.0. The second kappa shape index (κ2) is 8.21. The molecular formula is C16H22N2O3. The second-order valence-electron chi connectivity index (χ2n) is 4.34. The molecule has 0 atom stereocenters. The lowest BCUT2D eigenvalue weighted by atomic mass is 10.1. The Kier molecular flexibility index (Phi) is 6.62. The number of benzene rings is 1. The summed E-state index contributed by atoms with van der Waals surface area (Å²) in [5, 5.41) is 0. The molecule has 0 saturated carbocycles. The molecule has 1 aromatic carbocycles. The van der Waals surface area contributed by atoms with Crippen molar-refractivity contribution in [3.8, 4) is 0 Å². The number of nitrogens with one attached hydrogen (secondary N) is 1. The molecule has 0 bridgehead atoms. The van der Waals surface area contributed by atoms with E-state index in [0.29, 0.717) is 17.7 Å². The first kappa shape index (κ1) is 16.9. The van der Waals surface area contributed by atoms with E-state index in [1.165, 1.54) is 11.7 Å². The predicted molar refractivity (Wildman–Crippen MR) is 83.7 cm³/mol. The van der Waals surface area contributed by atoms with Crippen LogP contribution in [0.1, 0.15) is 30.7 Å². The Morgan fingerprint density at radius 2 is 1.76 bits per heavy atom. The smallest absolute Gasteiger partial charge is 0.330 e. The van der Waals surface area contributed by atoms with E-state index in [1.807, 2.05) is 44.2 Å². The normalized spacial score (nSPS) is 9.90. The average Bonchev–Trinajstić information content (AvgIpc) is 2.51. The van der Waals surface area contributed by atoms with Crippen LogP contribution in [0.5, 0.6) is 0 Å². The van der Waals surface area contributed by atoms with Crippen molar-refractivity contribution < 1.29 is 4.74 Å². The number of ether oxygens (including phenoxy) is 1. The second-order valence-corrected chi connectivity index (χ2v) is 4.34. The average molecular weight is 290 g/mol. The van der Waals surface area contributed by atoms with Crippen LogP contribution in [0.3, 0.4) is 0 Å². The highest BCUT2D eigenvalue weighted by molar-refractivity contribution is 5.25. The third-order valence-corrected chi connectivity index (χ3v) is 3.04. The summed E-state index contributed by atoms with van der Waals surface area (Å²) >= 11 is 0. The van der Waals surface area contributed by atoms with Crippen LogP contribution in [0.4, 0.5) is 0 Å². The van der Waals surface area contributed by atoms with Crippen LogP contribution in [-0.4, -0.2) is 16.7 Å². The summed E-state index contributed by atoms with van der Waals surface area (Å²) < 4.78 is 6.47. The van der Waals surface area contributed by atoms with Crippen molar-refractivity contribution in [3.63, 3.8) is 0 Å². The maximum Gasteiger partial charge on any atom is 0.330 e. The van der Waals surface area contributed by atoms with Gasteiger partial charge in [0.15, 0.2) is 0 Å². The van der Waals surface area contributed by atoms with E-state index in [4.69, 9.17) is 4.74 Å². The zero-order valence-electron chi connectivity index (χ0n) is 13.0. The number of hydrogen-bond donors (Lipinski definition) is 1. The lowest BCUT2D eigenvalue weighted by Crippen LogP contribution is -2.35. The van der Waals surface area contributed by atoms with Gasteiger partial charge in [0.25, 0.3) is 5.56 Å². The third-order valence-electron chi connectivity index (χ3n) is 3.04. The largest absolute Gasteiger partial charge is 0.364 e. The minimum Gasteiger partial charge on any atom is -0.364 e. The van der Waals surface area contributed by atoms with Crippen LogP contribution in [0.15, 0.2) is 39.9 Å². The van der Waals surface area contributed by atoms with E-state index >= 15 is 0 Å². The van der Waals surface area contributed by atoms with Gasteiger partial charge >= 0.3 is 5.69 Å². The van der Waals surface area contributed by atoms with Crippen LogP contribution in [-0.2, 0) is 17.9 Å². The predicted octanol–water partition coefficient (Wildman–Crippen LogP) is 2.07. The van der Waals surface area contributed by atoms with Crippen LogP contribution in [0.25, 0.3) is 0 Å². The summed E-state index contributed by atoms with van der Waals surface area (Å²) in [7, 11) is 1.51. The molecule has 1 aromatic heterocycles. The van der Waals surface area contributed by atoms with E-state index in [2.05, 4.69) is 4.98 Å². The first-order valence-electron chi connectivity index (χ1n) is 6.99. The number of aromatic amines is 1. The van der Waals surface area contributed by atoms with Gasteiger partial charge in [0.1, 0.15) is 6.73 Å². The lowest BCUT2D eigenvalue weighted by Gasteiger charge is -2.13. The molecule has 0 radical (unpaired) electrons. The Hall–Kier alpha value is -2.14. The van der Waals surface area contributed by atoms with Gasteiger partial charge in [0.2, 0.25) is 0 Å². The first-order chi connectivity index (χ1) is 10.1. The molecule has 1 N–H and O–H groups in total. The van der Waals surface area contributed by atoms with Gasteiger partial charge in [-0.15, -0.1) is 0 Å². The minimum absolute atomic E-state index is 0.124. The molecule has 0 spiro atoms. The highest BCUT2D eigenvalue weighted by Gasteiger charge is 2.11. The maximum atomic E-state index is 11.8. The van der Waals surface area contributed by atoms with Crippen molar-refractivity contribution in [1.29, 1.82) is 0 Å². The summed E-state index contributed by atoms with van der Waals surface area (Å²) in [4.78, 5) is 25.8. The number of H-pyrrole nitrogens is 1. The fourth-order valence-electron chi connectivity index (χ4n) is 2.00. The van der Waals surface area contributed by atoms with E-state index in [1.54, 1.807) is 6.92 Å². The Bertz CT molecular complexity index is 672. The van der Waals surface area contributed by atoms with Gasteiger partial charge in [-0.05, 0) is 12.5 Å². The number of hydrogen-bond acceptors (Lipinski definition) is 3. The van der Waals surface area contributed by atoms with Crippen LogP contribution >= 0.6 is 0 Å². The van der Waals surface area contributed by atoms with E-state index in [-0.39, 0.29) is 12.3 Å². The molecule has 5 nitrogen and oxygen atoms in total. The summed E-state index contributed by atoms with van der Waals surface area (Å²) in [6.07, 6.45) is 0.523. The van der Waals surface area contributed by atoms with Crippen molar-refractivity contribution in [1.82, 2.24) is 9.55 Å². The standard InChI is InChI=1S/C14H16N2O3.C2H6/c1-10-12(8-11-6-4-3-5-7-11)16(9-19-2)14(18)15-13(10)17;1-2/h3-7H,8-9H2,1-2H3,(H,15,17,18);1-2H3. The van der Waals surface area contributed by atoms with E-state index in [9.17, 15) is 9.59 Å². The van der Waals surface area contributed by atoms with Gasteiger partial charge in [-0.25, -0.2) is 4.79 Å². The zero-order chi connectivity index (χ0) is 15.8. The Balaban J connectivity index is 0.00000106. The highest BCUT2D eigenvalue weighted by atomic mass is 16.5. The SMILES string of the molecule is CC.COCn1c(Cc2ccccc2)c(C)c(=O)[nH]c1=O. The molecule has 21 heavy (non-hydrogen) atoms. The molecule has 0 fully saturated rings. The van der Waals surface area contributed by atoms with Crippen molar-refractivity contribution in [2.45, 2.75) is 33.9 Å². The number of aromatic nitrogens is 2. The first-order valence-corrected chi connectivity index (χ1v) is 6.99. The molecule has 5 heteroatoms. The highest BCUT2D eigenvalue weighted by Crippen LogP contribution is 2.09. The van der Waals surface area contributed by atoms with Gasteiger partial charge in [-0.2, -0.15) is 0 Å². The minimum atomic E-state index is -0.441. The van der Waals surface area contributed by atoms with Crippen LogP contribution in [0.2, 0.25) is 0 Å². The quantitative estimate of drug-likeness (QED) is 0.937. The summed E-state index contributed by atoms with van der Waals surface area (Å²) in [6.45, 7) is 5.83. The molecule has 0 amide bonds. The molecule has 0 aliphatic carbocycles. The van der Waals surface area contributed by atoms with Gasteiger partial charge < -0.3 is 4.74 Å². The molecular weight excluding hydrogens is 268 g/mol. The molecule has 2 rings (SSSR count). The third kappa shape index (κ3) is 4.16. The lowest BCUT2D eigenvalue weighted by molar-refractivity contribution is 0.124. The monoisotopic (exact) mass is 290 g/mol. The summed E-state index contributed by atoms with van der Waals surface area (Å²) in [6, 6.07) is 9.70. The van der Waals surface area contributed by atoms with Crippen LogP contribution in [0, 0.1) is 6.92 Å². The molecule has 0 unspecified atom stereocenters. The molecule has 0 aliphatic heterocycles. The molecule has 0 aliphatic rings. The number of methoxy groups -OCH3 is 1. The van der Waals surface area contributed by atoms with Gasteiger partial charge in [-0.1, -0.05) is 44.2 Å². The Morgan fingerprint density at radius 1 is 1.14 bits per heavy atom. The summed E-state index contributed by atoms with van der Waals surface area (Å²) in [5.74, 6) is 0. The van der Waals surface area contributed by atoms with Crippen LogP contribution < -0.4 is 11.2 Å². The van der Waals surface area contributed by atoms with Gasteiger partial charge in [0.05, 0.1) is 0 Å². The Labute approximate surface area is 124 Å². The fraction of sp³-hybridized carbons (Fsp3) is 0.375. The summed E-state index contributed by atoms with van der Waals surface area (Å²) in [5.41, 5.74) is 1.48. The molecule has 2 aromatic rings. The number of rotatable bonds is 4. The molecule has 0 saturated heterocycles. The maximum absolute atomic E-state index is 11.8. The van der Waals surface area contributed by atoms with Gasteiger partial charge in [0, 0.05) is 24.8 Å². The molecule has 1 heterocycles. The fourth-order valence-corrected chi connectivity index (χ4v) is 2.00. The molecule has 114 valence electrons. The van der Waals surface area contributed by atoms with Crippen molar-refractivity contribution in [2.75, 3.05) is 7.11 Å². The number of nitrogens with zero attached hydrogens (tertiary/aromatic N) is 1. The van der Waals surface area contributed by atoms with Crippen molar-refractivity contribution in [2.24, 2.45) is 0 Å². The van der Waals surface area contributed by atoms with E-state index < -0.39 is 5.69 Å². The van der Waals surface area contributed by atoms with Crippen molar-refractivity contribution >= 4 is 0 Å². The van der Waals surface area contributed by atoms with Gasteiger partial charge in [-0.3, -0.25) is 14.3 Å². The van der Waals surface area contributed by atoms with Crippen molar-refractivity contribution in [3.05, 3.63) is 68.0 Å². The van der Waals surface area contributed by atoms with E-state index in [0.717, 1.165) is 5.56 Å². The topological polar surface area (TPSA) is 64.1 Å².